The largest absolute Gasteiger partial charge is 0.229 e. The van der Waals surface area contributed by atoms with Gasteiger partial charge in [0.1, 0.15) is 0 Å². The molecule has 0 N–H and O–H groups in total. The normalized spacial score (nSPS) is 16.2. The number of rotatable bonds is 6. The van der Waals surface area contributed by atoms with E-state index in [1.54, 1.807) is 0 Å². The molecule has 0 aliphatic rings. The van der Waals surface area contributed by atoms with Crippen molar-refractivity contribution in [3.05, 3.63) is 0 Å². The van der Waals surface area contributed by atoms with Crippen LogP contribution in [-0.4, -0.2) is 19.4 Å². The first-order valence-corrected chi connectivity index (χ1v) is 8.00. The van der Waals surface area contributed by atoms with Gasteiger partial charge in [0.25, 0.3) is 0 Å². The van der Waals surface area contributed by atoms with Crippen molar-refractivity contribution in [2.45, 2.75) is 65.6 Å². The van der Waals surface area contributed by atoms with Gasteiger partial charge < -0.3 is 0 Å². The minimum Gasteiger partial charge on any atom is -0.229 e. The van der Waals surface area contributed by atoms with Crippen LogP contribution in [0.3, 0.4) is 0 Å². The summed E-state index contributed by atoms with van der Waals surface area (Å²) in [6.45, 7) is 12.4. The third kappa shape index (κ3) is 4.86. The summed E-state index contributed by atoms with van der Waals surface area (Å²) >= 11 is 0. The minimum absolute atomic E-state index is 0.0853. The number of hydrogen-bond acceptors (Lipinski definition) is 2. The van der Waals surface area contributed by atoms with E-state index in [9.17, 15) is 8.42 Å². The smallest absolute Gasteiger partial charge is 0.152 e. The first kappa shape index (κ1) is 16.0. The van der Waals surface area contributed by atoms with Crippen LogP contribution in [0.4, 0.5) is 0 Å². The SMILES string of the molecule is CCC(C)CC(C)(C)CC(C)(C)S(C)(=O)=O. The van der Waals surface area contributed by atoms with Crippen LogP contribution in [0.1, 0.15) is 60.8 Å². The van der Waals surface area contributed by atoms with E-state index in [0.29, 0.717) is 5.92 Å². The van der Waals surface area contributed by atoms with E-state index in [4.69, 9.17) is 0 Å². The molecule has 0 aromatic heterocycles. The maximum atomic E-state index is 11.7. The zero-order chi connectivity index (χ0) is 13.2. The summed E-state index contributed by atoms with van der Waals surface area (Å²) in [5.41, 5.74) is 0.0853. The number of hydrogen-bond donors (Lipinski definition) is 0. The van der Waals surface area contributed by atoms with Gasteiger partial charge in [-0.1, -0.05) is 34.1 Å². The summed E-state index contributed by atoms with van der Waals surface area (Å²) < 4.78 is 22.8. The molecule has 0 radical (unpaired) electrons. The second-order valence-electron chi connectivity index (χ2n) is 6.59. The van der Waals surface area contributed by atoms with E-state index in [1.807, 2.05) is 13.8 Å². The van der Waals surface area contributed by atoms with Crippen molar-refractivity contribution in [2.24, 2.45) is 11.3 Å². The van der Waals surface area contributed by atoms with Gasteiger partial charge in [-0.05, 0) is 38.0 Å². The highest BCUT2D eigenvalue weighted by Gasteiger charge is 2.36. The highest BCUT2D eigenvalue weighted by molar-refractivity contribution is 7.92. The Bertz CT molecular complexity index is 313. The molecule has 0 aliphatic carbocycles. The molecule has 1 atom stereocenters. The van der Waals surface area contributed by atoms with Gasteiger partial charge in [-0.3, -0.25) is 0 Å². The molecule has 98 valence electrons. The van der Waals surface area contributed by atoms with Crippen LogP contribution in [0.5, 0.6) is 0 Å². The standard InChI is InChI=1S/C13H28O2S/c1-8-11(2)9-12(3,4)10-13(5,6)16(7,14)15/h11H,8-10H2,1-7H3. The molecule has 0 saturated heterocycles. The Morgan fingerprint density at radius 2 is 1.56 bits per heavy atom. The van der Waals surface area contributed by atoms with Crippen LogP contribution in [-0.2, 0) is 9.84 Å². The quantitative estimate of drug-likeness (QED) is 0.719. The molecular weight excluding hydrogens is 220 g/mol. The molecule has 0 spiro atoms. The van der Waals surface area contributed by atoms with E-state index < -0.39 is 14.6 Å². The molecule has 3 heteroatoms. The van der Waals surface area contributed by atoms with Crippen LogP contribution in [0, 0.1) is 11.3 Å². The average molecular weight is 248 g/mol. The predicted octanol–water partition coefficient (Wildman–Crippen LogP) is 3.66. The van der Waals surface area contributed by atoms with Gasteiger partial charge in [0.05, 0.1) is 4.75 Å². The Balaban J connectivity index is 4.71. The van der Waals surface area contributed by atoms with Gasteiger partial charge in [-0.2, -0.15) is 0 Å². The lowest BCUT2D eigenvalue weighted by molar-refractivity contribution is 0.230. The van der Waals surface area contributed by atoms with Crippen molar-refractivity contribution in [1.29, 1.82) is 0 Å². The molecule has 0 bridgehead atoms. The summed E-state index contributed by atoms with van der Waals surface area (Å²) in [4.78, 5) is 0. The Morgan fingerprint density at radius 3 is 1.88 bits per heavy atom. The Labute approximate surface area is 102 Å². The molecule has 0 fully saturated rings. The fourth-order valence-corrected chi connectivity index (χ4v) is 3.10. The second kappa shape index (κ2) is 5.07. The Kier molecular flexibility index (Phi) is 5.06. The molecule has 2 nitrogen and oxygen atoms in total. The van der Waals surface area contributed by atoms with E-state index >= 15 is 0 Å². The molecular formula is C13H28O2S. The van der Waals surface area contributed by atoms with Gasteiger partial charge in [-0.25, -0.2) is 8.42 Å². The van der Waals surface area contributed by atoms with Crippen molar-refractivity contribution in [2.75, 3.05) is 6.26 Å². The van der Waals surface area contributed by atoms with Crippen molar-refractivity contribution < 1.29 is 8.42 Å². The molecule has 0 aromatic carbocycles. The third-order valence-corrected chi connectivity index (χ3v) is 5.66. The fourth-order valence-electron chi connectivity index (χ4n) is 2.44. The van der Waals surface area contributed by atoms with Crippen LogP contribution < -0.4 is 0 Å². The van der Waals surface area contributed by atoms with E-state index in [0.717, 1.165) is 19.3 Å². The third-order valence-electron chi connectivity index (χ3n) is 3.51. The van der Waals surface area contributed by atoms with E-state index in [-0.39, 0.29) is 5.41 Å². The number of sulfone groups is 1. The fraction of sp³-hybridized carbons (Fsp3) is 1.00. The lowest BCUT2D eigenvalue weighted by Gasteiger charge is -2.35. The van der Waals surface area contributed by atoms with Gasteiger partial charge in [-0.15, -0.1) is 0 Å². The summed E-state index contributed by atoms with van der Waals surface area (Å²) in [6.07, 6.45) is 4.31. The van der Waals surface area contributed by atoms with Gasteiger partial charge >= 0.3 is 0 Å². The second-order valence-corrected chi connectivity index (χ2v) is 9.24. The van der Waals surface area contributed by atoms with Crippen molar-refractivity contribution >= 4 is 9.84 Å². The lowest BCUT2D eigenvalue weighted by atomic mass is 9.76. The average Bonchev–Trinajstić information content (AvgIpc) is 1.98. The maximum Gasteiger partial charge on any atom is 0.152 e. The molecule has 0 heterocycles. The van der Waals surface area contributed by atoms with Crippen molar-refractivity contribution in [1.82, 2.24) is 0 Å². The summed E-state index contributed by atoms with van der Waals surface area (Å²) in [5.74, 6) is 0.658. The van der Waals surface area contributed by atoms with Gasteiger partial charge in [0.15, 0.2) is 9.84 Å². The van der Waals surface area contributed by atoms with Crippen LogP contribution in [0.2, 0.25) is 0 Å². The van der Waals surface area contributed by atoms with Gasteiger partial charge in [0, 0.05) is 6.26 Å². The van der Waals surface area contributed by atoms with Crippen molar-refractivity contribution in [3.63, 3.8) is 0 Å². The Hall–Kier alpha value is -0.0500. The van der Waals surface area contributed by atoms with Crippen LogP contribution >= 0.6 is 0 Å². The van der Waals surface area contributed by atoms with Crippen LogP contribution in [0.15, 0.2) is 0 Å². The van der Waals surface area contributed by atoms with E-state index in [2.05, 4.69) is 27.7 Å². The zero-order valence-corrected chi connectivity index (χ0v) is 12.7. The molecule has 0 rings (SSSR count). The minimum atomic E-state index is -2.98. The summed E-state index contributed by atoms with van der Waals surface area (Å²) in [6, 6.07) is 0. The van der Waals surface area contributed by atoms with Crippen molar-refractivity contribution in [3.8, 4) is 0 Å². The first-order chi connectivity index (χ1) is 6.91. The highest BCUT2D eigenvalue weighted by atomic mass is 32.2. The molecule has 0 amide bonds. The lowest BCUT2D eigenvalue weighted by Crippen LogP contribution is -2.36. The van der Waals surface area contributed by atoms with Crippen LogP contribution in [0.25, 0.3) is 0 Å². The molecule has 0 saturated carbocycles. The topological polar surface area (TPSA) is 34.1 Å². The molecule has 1 unspecified atom stereocenters. The molecule has 0 aliphatic heterocycles. The zero-order valence-electron chi connectivity index (χ0n) is 11.9. The summed E-state index contributed by atoms with van der Waals surface area (Å²) in [7, 11) is -2.98. The molecule has 0 aromatic rings. The summed E-state index contributed by atoms with van der Waals surface area (Å²) in [5, 5.41) is 0. The van der Waals surface area contributed by atoms with E-state index in [1.165, 1.54) is 6.26 Å². The Morgan fingerprint density at radius 1 is 1.12 bits per heavy atom. The predicted molar refractivity (Wildman–Crippen MR) is 71.4 cm³/mol. The highest BCUT2D eigenvalue weighted by Crippen LogP contribution is 2.37. The monoisotopic (exact) mass is 248 g/mol. The maximum absolute atomic E-state index is 11.7. The molecule has 16 heavy (non-hydrogen) atoms. The van der Waals surface area contributed by atoms with Gasteiger partial charge in [0.2, 0.25) is 0 Å². The first-order valence-electron chi connectivity index (χ1n) is 6.11.